The number of rotatable bonds is 7. The number of carbonyl (C=O) groups excluding carboxylic acids is 1. The van der Waals surface area contributed by atoms with Gasteiger partial charge in [-0.2, -0.15) is 0 Å². The van der Waals surface area contributed by atoms with Gasteiger partial charge in [-0.1, -0.05) is 76.4 Å². The van der Waals surface area contributed by atoms with Gasteiger partial charge in [-0.05, 0) is 12.1 Å². The summed E-state index contributed by atoms with van der Waals surface area (Å²) in [6.07, 6.45) is 0. The molecule has 138 valence electrons. The Labute approximate surface area is 152 Å². The molecule has 25 heavy (non-hydrogen) atoms. The summed E-state index contributed by atoms with van der Waals surface area (Å²) >= 11 is 0. The fraction of sp³-hybridized carbons (Fsp3) is 0.571. The summed E-state index contributed by atoms with van der Waals surface area (Å²) in [5.41, 5.74) is 4.15. The van der Waals surface area contributed by atoms with Crippen molar-refractivity contribution in [1.82, 2.24) is 0 Å². The topological polar surface area (TPSA) is 39.4 Å². The van der Waals surface area contributed by atoms with Gasteiger partial charge in [-0.3, -0.25) is 4.79 Å². The molecular weight excluding hydrogens is 328 g/mol. The molecule has 0 saturated heterocycles. The predicted octanol–water partition coefficient (Wildman–Crippen LogP) is 6.26. The molecular formula is C21H32O3Si. The van der Waals surface area contributed by atoms with E-state index in [1.165, 1.54) is 17.9 Å². The van der Waals surface area contributed by atoms with Crippen LogP contribution in [-0.4, -0.2) is 14.0 Å². The summed E-state index contributed by atoms with van der Waals surface area (Å²) in [5, 5.41) is 1.17. The fourth-order valence-corrected chi connectivity index (χ4v) is 10.8. The van der Waals surface area contributed by atoms with Crippen LogP contribution in [0.25, 0.3) is 11.0 Å². The van der Waals surface area contributed by atoms with Gasteiger partial charge in [0.05, 0.1) is 8.07 Å². The number of ether oxygens (including phenoxy) is 1. The lowest BCUT2D eigenvalue weighted by Gasteiger charge is -2.43. The third kappa shape index (κ3) is 3.84. The first-order valence-corrected chi connectivity index (χ1v) is 11.8. The van der Waals surface area contributed by atoms with Gasteiger partial charge in [0.15, 0.2) is 0 Å². The molecule has 1 aromatic carbocycles. The van der Waals surface area contributed by atoms with Crippen molar-refractivity contribution < 1.29 is 13.9 Å². The number of hydrogen-bond acceptors (Lipinski definition) is 3. The van der Waals surface area contributed by atoms with Crippen molar-refractivity contribution in [1.29, 1.82) is 0 Å². The summed E-state index contributed by atoms with van der Waals surface area (Å²) in [6, 6.07) is 9.24. The second-order valence-corrected chi connectivity index (χ2v) is 14.1. The summed E-state index contributed by atoms with van der Waals surface area (Å²) < 4.78 is 11.4. The molecule has 2 rings (SSSR count). The van der Waals surface area contributed by atoms with Crippen molar-refractivity contribution in [2.24, 2.45) is 0 Å². The first kappa shape index (κ1) is 19.8. The molecule has 0 aliphatic heterocycles. The molecule has 0 saturated carbocycles. The Morgan fingerprint density at radius 3 is 2.12 bits per heavy atom. The van der Waals surface area contributed by atoms with Gasteiger partial charge in [0.25, 0.3) is 0 Å². The van der Waals surface area contributed by atoms with Gasteiger partial charge in [0.1, 0.15) is 18.0 Å². The van der Waals surface area contributed by atoms with Crippen LogP contribution in [0.3, 0.4) is 0 Å². The van der Waals surface area contributed by atoms with Crippen molar-refractivity contribution in [2.45, 2.75) is 77.7 Å². The Bertz CT molecular complexity index is 706. The SMILES string of the molecule is CC(=O)OCc1oc2ccccc2c1C[Si](C(C)C)(C(C)C)C(C)C. The second kappa shape index (κ2) is 7.77. The highest BCUT2D eigenvalue weighted by Gasteiger charge is 2.43. The summed E-state index contributed by atoms with van der Waals surface area (Å²) in [7, 11) is -1.64. The molecule has 0 aliphatic carbocycles. The number of benzene rings is 1. The van der Waals surface area contributed by atoms with Crippen LogP contribution < -0.4 is 0 Å². The highest BCUT2D eigenvalue weighted by molar-refractivity contribution is 6.83. The van der Waals surface area contributed by atoms with Crippen molar-refractivity contribution in [3.05, 3.63) is 35.6 Å². The van der Waals surface area contributed by atoms with Crippen LogP contribution in [0.5, 0.6) is 0 Å². The maximum atomic E-state index is 11.3. The van der Waals surface area contributed by atoms with E-state index in [2.05, 4.69) is 53.7 Å². The normalized spacial score (nSPS) is 12.6. The van der Waals surface area contributed by atoms with E-state index in [0.29, 0.717) is 16.6 Å². The molecule has 0 spiro atoms. The Morgan fingerprint density at radius 1 is 1.04 bits per heavy atom. The predicted molar refractivity (Wildman–Crippen MR) is 106 cm³/mol. The zero-order valence-corrected chi connectivity index (χ0v) is 17.7. The Kier molecular flexibility index (Phi) is 6.15. The van der Waals surface area contributed by atoms with E-state index in [4.69, 9.17) is 9.15 Å². The van der Waals surface area contributed by atoms with Crippen molar-refractivity contribution in [3.63, 3.8) is 0 Å². The molecule has 3 nitrogen and oxygen atoms in total. The van der Waals surface area contributed by atoms with Crippen LogP contribution in [0, 0.1) is 0 Å². The molecule has 0 unspecified atom stereocenters. The van der Waals surface area contributed by atoms with Gasteiger partial charge >= 0.3 is 5.97 Å². The standard InChI is InChI=1S/C21H32O3Si/c1-14(2)25(15(3)4,16(5)6)13-19-18-10-8-9-11-20(18)24-21(19)12-23-17(7)22/h8-11,14-16H,12-13H2,1-7H3. The molecule has 0 amide bonds. The first-order valence-electron chi connectivity index (χ1n) is 9.32. The summed E-state index contributed by atoms with van der Waals surface area (Å²) in [6.45, 7) is 15.9. The zero-order chi connectivity index (χ0) is 18.8. The molecule has 0 aliphatic rings. The lowest BCUT2D eigenvalue weighted by Crippen LogP contribution is -2.47. The average Bonchev–Trinajstić information content (AvgIpc) is 2.86. The Hall–Kier alpha value is -1.55. The van der Waals surface area contributed by atoms with E-state index in [-0.39, 0.29) is 12.6 Å². The van der Waals surface area contributed by atoms with Gasteiger partial charge in [0.2, 0.25) is 0 Å². The summed E-state index contributed by atoms with van der Waals surface area (Å²) in [5.74, 6) is 0.543. The third-order valence-electron chi connectivity index (χ3n) is 5.90. The quantitative estimate of drug-likeness (QED) is 0.432. The van der Waals surface area contributed by atoms with E-state index >= 15 is 0 Å². The molecule has 0 fully saturated rings. The van der Waals surface area contributed by atoms with E-state index in [9.17, 15) is 4.79 Å². The number of furan rings is 1. The zero-order valence-electron chi connectivity index (χ0n) is 16.7. The number of para-hydroxylation sites is 1. The molecule has 0 atom stereocenters. The number of fused-ring (bicyclic) bond motifs is 1. The molecule has 4 heteroatoms. The molecule has 2 aromatic rings. The van der Waals surface area contributed by atoms with Crippen LogP contribution >= 0.6 is 0 Å². The van der Waals surface area contributed by atoms with Gasteiger partial charge in [0, 0.05) is 17.9 Å². The van der Waals surface area contributed by atoms with Crippen LogP contribution in [0.2, 0.25) is 16.6 Å². The lowest BCUT2D eigenvalue weighted by atomic mass is 10.1. The molecule has 0 N–H and O–H groups in total. The minimum Gasteiger partial charge on any atom is -0.458 e. The Morgan fingerprint density at radius 2 is 1.60 bits per heavy atom. The van der Waals surface area contributed by atoms with Gasteiger partial charge in [-0.15, -0.1) is 0 Å². The minimum absolute atomic E-state index is 0.220. The third-order valence-corrected chi connectivity index (χ3v) is 13.3. The monoisotopic (exact) mass is 360 g/mol. The minimum atomic E-state index is -1.64. The van der Waals surface area contributed by atoms with E-state index in [1.807, 2.05) is 12.1 Å². The van der Waals surface area contributed by atoms with Crippen molar-refractivity contribution in [2.75, 3.05) is 0 Å². The highest BCUT2D eigenvalue weighted by Crippen LogP contribution is 2.45. The van der Waals surface area contributed by atoms with Crippen molar-refractivity contribution in [3.8, 4) is 0 Å². The highest BCUT2D eigenvalue weighted by atomic mass is 28.3. The lowest BCUT2D eigenvalue weighted by molar-refractivity contribution is -0.142. The second-order valence-electron chi connectivity index (χ2n) is 8.03. The number of esters is 1. The summed E-state index contributed by atoms with van der Waals surface area (Å²) in [4.78, 5) is 11.3. The molecule has 1 heterocycles. The maximum absolute atomic E-state index is 11.3. The van der Waals surface area contributed by atoms with E-state index < -0.39 is 8.07 Å². The first-order chi connectivity index (χ1) is 11.7. The van der Waals surface area contributed by atoms with Crippen LogP contribution in [0.1, 0.15) is 59.8 Å². The van der Waals surface area contributed by atoms with Crippen LogP contribution in [0.15, 0.2) is 28.7 Å². The van der Waals surface area contributed by atoms with Crippen LogP contribution in [0.4, 0.5) is 0 Å². The van der Waals surface area contributed by atoms with Gasteiger partial charge in [-0.25, -0.2) is 0 Å². The molecule has 1 aromatic heterocycles. The number of carbonyl (C=O) groups is 1. The number of hydrogen-bond donors (Lipinski definition) is 0. The Balaban J connectivity index is 2.57. The maximum Gasteiger partial charge on any atom is 0.303 e. The molecule has 0 bridgehead atoms. The largest absolute Gasteiger partial charge is 0.458 e. The van der Waals surface area contributed by atoms with E-state index in [0.717, 1.165) is 17.4 Å². The van der Waals surface area contributed by atoms with E-state index in [1.54, 1.807) is 0 Å². The van der Waals surface area contributed by atoms with Crippen molar-refractivity contribution >= 4 is 25.0 Å². The van der Waals surface area contributed by atoms with Gasteiger partial charge < -0.3 is 9.15 Å². The fourth-order valence-electron chi connectivity index (χ4n) is 4.55. The smallest absolute Gasteiger partial charge is 0.303 e. The van der Waals surface area contributed by atoms with Crippen LogP contribution in [-0.2, 0) is 22.2 Å². The molecule has 0 radical (unpaired) electrons. The average molecular weight is 361 g/mol.